The van der Waals surface area contributed by atoms with Crippen LogP contribution in [-0.4, -0.2) is 36.6 Å². The van der Waals surface area contributed by atoms with E-state index >= 15 is 0 Å². The van der Waals surface area contributed by atoms with Gasteiger partial charge in [0.1, 0.15) is 0 Å². The Hall–Kier alpha value is -0.0800. The van der Waals surface area contributed by atoms with Gasteiger partial charge < -0.3 is 10.2 Å². The first kappa shape index (κ1) is 19.2. The van der Waals surface area contributed by atoms with Crippen LogP contribution >= 0.6 is 0 Å². The molecule has 0 bridgehead atoms. The SMILES string of the molecule is CCC1CCC(NCCCC(C)C2CCC(N(C)C(C)C)C2)C1. The molecule has 136 valence electrons. The maximum Gasteiger partial charge on any atom is 0.00977 e. The zero-order valence-electron chi connectivity index (χ0n) is 16.5. The van der Waals surface area contributed by atoms with Gasteiger partial charge in [0.05, 0.1) is 0 Å². The fourth-order valence-corrected chi connectivity index (χ4v) is 4.90. The van der Waals surface area contributed by atoms with Crippen LogP contribution in [0, 0.1) is 17.8 Å². The summed E-state index contributed by atoms with van der Waals surface area (Å²) in [6.45, 7) is 10.8. The van der Waals surface area contributed by atoms with Crippen molar-refractivity contribution >= 4 is 0 Å². The van der Waals surface area contributed by atoms with Crippen LogP contribution in [0.15, 0.2) is 0 Å². The van der Waals surface area contributed by atoms with E-state index < -0.39 is 0 Å². The molecule has 2 nitrogen and oxygen atoms in total. The van der Waals surface area contributed by atoms with E-state index in [-0.39, 0.29) is 0 Å². The quantitative estimate of drug-likeness (QED) is 0.595. The maximum absolute atomic E-state index is 3.83. The first-order valence-electron chi connectivity index (χ1n) is 10.5. The van der Waals surface area contributed by atoms with Crippen molar-refractivity contribution in [2.75, 3.05) is 13.6 Å². The fraction of sp³-hybridized carbons (Fsp3) is 1.00. The van der Waals surface area contributed by atoms with E-state index in [1.165, 1.54) is 64.3 Å². The first-order chi connectivity index (χ1) is 11.0. The van der Waals surface area contributed by atoms with Crippen LogP contribution in [0.1, 0.15) is 85.5 Å². The Morgan fingerprint density at radius 2 is 1.83 bits per heavy atom. The summed E-state index contributed by atoms with van der Waals surface area (Å²) < 4.78 is 0. The van der Waals surface area contributed by atoms with E-state index in [2.05, 4.69) is 45.0 Å². The monoisotopic (exact) mass is 322 g/mol. The van der Waals surface area contributed by atoms with Crippen molar-refractivity contribution in [2.45, 2.75) is 104 Å². The molecular formula is C21H42N2. The minimum Gasteiger partial charge on any atom is -0.314 e. The van der Waals surface area contributed by atoms with Gasteiger partial charge in [-0.1, -0.05) is 20.3 Å². The van der Waals surface area contributed by atoms with Crippen molar-refractivity contribution in [3.05, 3.63) is 0 Å². The lowest BCUT2D eigenvalue weighted by atomic mass is 9.88. The topological polar surface area (TPSA) is 15.3 Å². The van der Waals surface area contributed by atoms with Crippen LogP contribution in [0.2, 0.25) is 0 Å². The molecule has 2 heteroatoms. The molecule has 5 unspecified atom stereocenters. The van der Waals surface area contributed by atoms with Crippen LogP contribution in [-0.2, 0) is 0 Å². The Bertz CT molecular complexity index is 328. The summed E-state index contributed by atoms with van der Waals surface area (Å²) in [5, 5.41) is 3.83. The average molecular weight is 323 g/mol. The Labute approximate surface area is 145 Å². The van der Waals surface area contributed by atoms with Crippen molar-refractivity contribution in [1.29, 1.82) is 0 Å². The summed E-state index contributed by atoms with van der Waals surface area (Å²) >= 11 is 0. The molecule has 0 amide bonds. The smallest absolute Gasteiger partial charge is 0.00977 e. The highest BCUT2D eigenvalue weighted by molar-refractivity contribution is 4.85. The normalized spacial score (nSPS) is 33.0. The summed E-state index contributed by atoms with van der Waals surface area (Å²) in [6, 6.07) is 2.35. The molecule has 2 fully saturated rings. The molecule has 2 saturated carbocycles. The summed E-state index contributed by atoms with van der Waals surface area (Å²) in [4.78, 5) is 2.60. The van der Waals surface area contributed by atoms with Crippen molar-refractivity contribution in [3.8, 4) is 0 Å². The Morgan fingerprint density at radius 3 is 2.48 bits per heavy atom. The van der Waals surface area contributed by atoms with Gasteiger partial charge in [-0.15, -0.1) is 0 Å². The lowest BCUT2D eigenvalue weighted by Crippen LogP contribution is -2.35. The molecule has 1 N–H and O–H groups in total. The molecule has 0 aliphatic heterocycles. The molecule has 0 aromatic rings. The number of hydrogen-bond acceptors (Lipinski definition) is 2. The highest BCUT2D eigenvalue weighted by Gasteiger charge is 2.31. The summed E-state index contributed by atoms with van der Waals surface area (Å²) in [6.07, 6.45) is 12.8. The van der Waals surface area contributed by atoms with Crippen molar-refractivity contribution < 1.29 is 0 Å². The molecule has 23 heavy (non-hydrogen) atoms. The van der Waals surface area contributed by atoms with Crippen LogP contribution < -0.4 is 5.32 Å². The average Bonchev–Trinajstić information content (AvgIpc) is 3.19. The van der Waals surface area contributed by atoms with E-state index in [4.69, 9.17) is 0 Å². The third kappa shape index (κ3) is 5.74. The molecule has 0 radical (unpaired) electrons. The van der Waals surface area contributed by atoms with Crippen LogP contribution in [0.4, 0.5) is 0 Å². The molecule has 0 aromatic heterocycles. The van der Waals surface area contributed by atoms with Gasteiger partial charge in [-0.05, 0) is 96.6 Å². The maximum atomic E-state index is 3.83. The zero-order chi connectivity index (χ0) is 16.8. The van der Waals surface area contributed by atoms with Gasteiger partial charge in [0.15, 0.2) is 0 Å². The number of nitrogens with one attached hydrogen (secondary N) is 1. The molecule has 5 atom stereocenters. The molecule has 0 saturated heterocycles. The van der Waals surface area contributed by atoms with E-state index in [9.17, 15) is 0 Å². The summed E-state index contributed by atoms with van der Waals surface area (Å²) in [5.41, 5.74) is 0. The van der Waals surface area contributed by atoms with Gasteiger partial charge in [0.2, 0.25) is 0 Å². The predicted octanol–water partition coefficient (Wildman–Crippen LogP) is 5.08. The number of nitrogens with zero attached hydrogens (tertiary/aromatic N) is 1. The van der Waals surface area contributed by atoms with E-state index in [1.807, 2.05) is 0 Å². The molecular weight excluding hydrogens is 280 g/mol. The molecule has 0 heterocycles. The van der Waals surface area contributed by atoms with Gasteiger partial charge in [0.25, 0.3) is 0 Å². The van der Waals surface area contributed by atoms with Gasteiger partial charge in [-0.3, -0.25) is 0 Å². The highest BCUT2D eigenvalue weighted by atomic mass is 15.2. The Balaban J connectivity index is 1.58. The highest BCUT2D eigenvalue weighted by Crippen LogP contribution is 2.36. The molecule has 0 aromatic carbocycles. The van der Waals surface area contributed by atoms with Crippen LogP contribution in [0.5, 0.6) is 0 Å². The standard InChI is InChI=1S/C21H42N2/c1-6-18-9-11-20(14-18)22-13-7-8-17(4)19-10-12-21(15-19)23(5)16(2)3/h16-22H,6-15H2,1-5H3. The Kier molecular flexibility index (Phi) is 7.88. The summed E-state index contributed by atoms with van der Waals surface area (Å²) in [5.74, 6) is 2.88. The van der Waals surface area contributed by atoms with Gasteiger partial charge in [-0.2, -0.15) is 0 Å². The second-order valence-corrected chi connectivity index (χ2v) is 8.84. The largest absolute Gasteiger partial charge is 0.314 e. The third-order valence-corrected chi connectivity index (χ3v) is 7.03. The summed E-state index contributed by atoms with van der Waals surface area (Å²) in [7, 11) is 2.32. The predicted molar refractivity (Wildman–Crippen MR) is 102 cm³/mol. The first-order valence-corrected chi connectivity index (χ1v) is 10.5. The molecule has 0 spiro atoms. The molecule has 2 rings (SSSR count). The lowest BCUT2D eigenvalue weighted by Gasteiger charge is -2.29. The van der Waals surface area contributed by atoms with E-state index in [0.717, 1.165) is 29.8 Å². The van der Waals surface area contributed by atoms with E-state index in [1.54, 1.807) is 0 Å². The lowest BCUT2D eigenvalue weighted by molar-refractivity contribution is 0.188. The fourth-order valence-electron chi connectivity index (χ4n) is 4.90. The Morgan fingerprint density at radius 1 is 1.04 bits per heavy atom. The van der Waals surface area contributed by atoms with Gasteiger partial charge in [0, 0.05) is 18.1 Å². The van der Waals surface area contributed by atoms with Gasteiger partial charge >= 0.3 is 0 Å². The minimum absolute atomic E-state index is 0.691. The molecule has 2 aliphatic rings. The zero-order valence-corrected chi connectivity index (χ0v) is 16.5. The third-order valence-electron chi connectivity index (χ3n) is 7.03. The molecule has 2 aliphatic carbocycles. The minimum atomic E-state index is 0.691. The second-order valence-electron chi connectivity index (χ2n) is 8.84. The van der Waals surface area contributed by atoms with E-state index in [0.29, 0.717) is 6.04 Å². The van der Waals surface area contributed by atoms with Crippen molar-refractivity contribution in [1.82, 2.24) is 10.2 Å². The number of hydrogen-bond donors (Lipinski definition) is 1. The van der Waals surface area contributed by atoms with Crippen LogP contribution in [0.25, 0.3) is 0 Å². The second kappa shape index (κ2) is 9.42. The van der Waals surface area contributed by atoms with Crippen LogP contribution in [0.3, 0.4) is 0 Å². The van der Waals surface area contributed by atoms with Crippen molar-refractivity contribution in [3.63, 3.8) is 0 Å². The van der Waals surface area contributed by atoms with Gasteiger partial charge in [-0.25, -0.2) is 0 Å². The number of rotatable bonds is 9. The van der Waals surface area contributed by atoms with Crippen molar-refractivity contribution in [2.24, 2.45) is 17.8 Å².